The van der Waals surface area contributed by atoms with Crippen LogP contribution in [0.5, 0.6) is 5.75 Å². The lowest BCUT2D eigenvalue weighted by molar-refractivity contribution is -0.144. The molecule has 0 atom stereocenters. The van der Waals surface area contributed by atoms with Gasteiger partial charge in [-0.05, 0) is 39.0 Å². The lowest BCUT2D eigenvalue weighted by atomic mass is 10.2. The topological polar surface area (TPSA) is 73.9 Å². The first kappa shape index (κ1) is 18.7. The predicted molar refractivity (Wildman–Crippen MR) is 81.6 cm³/mol. The number of halogens is 1. The zero-order valence-electron chi connectivity index (χ0n) is 13.8. The molecule has 23 heavy (non-hydrogen) atoms. The van der Waals surface area contributed by atoms with Gasteiger partial charge >= 0.3 is 12.1 Å². The molecular weight excluding hydrogens is 305 g/mol. The summed E-state index contributed by atoms with van der Waals surface area (Å²) in [6, 6.07) is 3.96. The highest BCUT2D eigenvalue weighted by molar-refractivity contribution is 5.72. The zero-order chi connectivity index (χ0) is 17.5. The average Bonchev–Trinajstić information content (AvgIpc) is 2.43. The summed E-state index contributed by atoms with van der Waals surface area (Å²) in [6.07, 6.45) is -0.617. The van der Waals surface area contributed by atoms with Crippen LogP contribution >= 0.6 is 0 Å². The number of hydrogen-bond donors (Lipinski definition) is 1. The Bertz CT molecular complexity index is 554. The maximum Gasteiger partial charge on any atom is 0.407 e. The second kappa shape index (κ2) is 8.36. The van der Waals surface area contributed by atoms with Crippen LogP contribution in [0.15, 0.2) is 18.2 Å². The third kappa shape index (κ3) is 7.49. The summed E-state index contributed by atoms with van der Waals surface area (Å²) < 4.78 is 28.3. The van der Waals surface area contributed by atoms with Crippen molar-refractivity contribution in [3.63, 3.8) is 0 Å². The van der Waals surface area contributed by atoms with E-state index in [0.29, 0.717) is 11.3 Å². The number of ether oxygens (including phenoxy) is 3. The Morgan fingerprint density at radius 1 is 1.26 bits per heavy atom. The maximum absolute atomic E-state index is 13.2. The number of methoxy groups -OCH3 is 1. The monoisotopic (exact) mass is 327 g/mol. The summed E-state index contributed by atoms with van der Waals surface area (Å²) >= 11 is 0. The molecule has 0 saturated carbocycles. The minimum Gasteiger partial charge on any atom is -0.496 e. The summed E-state index contributed by atoms with van der Waals surface area (Å²) in [5.41, 5.74) is -0.167. The van der Waals surface area contributed by atoms with E-state index in [2.05, 4.69) is 5.32 Å². The number of alkyl carbamates (subject to hydrolysis) is 1. The van der Waals surface area contributed by atoms with Gasteiger partial charge in [-0.2, -0.15) is 0 Å². The van der Waals surface area contributed by atoms with Gasteiger partial charge in [0.25, 0.3) is 0 Å². The number of amides is 1. The summed E-state index contributed by atoms with van der Waals surface area (Å²) in [7, 11) is 1.45. The maximum atomic E-state index is 13.2. The molecule has 0 fully saturated rings. The van der Waals surface area contributed by atoms with Crippen LogP contribution in [0.2, 0.25) is 0 Å². The second-order valence-corrected chi connectivity index (χ2v) is 5.80. The van der Waals surface area contributed by atoms with Gasteiger partial charge in [0, 0.05) is 12.1 Å². The van der Waals surface area contributed by atoms with E-state index in [0.717, 1.165) is 0 Å². The van der Waals surface area contributed by atoms with Crippen molar-refractivity contribution in [3.05, 3.63) is 29.6 Å². The van der Waals surface area contributed by atoms with Crippen LogP contribution in [0.1, 0.15) is 32.8 Å². The molecule has 0 heterocycles. The Hall–Kier alpha value is -2.31. The van der Waals surface area contributed by atoms with E-state index in [1.165, 1.54) is 25.3 Å². The number of carbonyl (C=O) groups is 2. The van der Waals surface area contributed by atoms with Crippen LogP contribution in [0.4, 0.5) is 9.18 Å². The average molecular weight is 327 g/mol. The Balaban J connectivity index is 2.35. The number of benzene rings is 1. The van der Waals surface area contributed by atoms with E-state index in [9.17, 15) is 14.0 Å². The smallest absolute Gasteiger partial charge is 0.407 e. The van der Waals surface area contributed by atoms with Crippen LogP contribution in [-0.4, -0.2) is 31.3 Å². The number of nitrogens with one attached hydrogen (secondary N) is 1. The molecule has 0 aliphatic heterocycles. The minimum atomic E-state index is -0.600. The van der Waals surface area contributed by atoms with Crippen molar-refractivity contribution in [1.82, 2.24) is 5.32 Å². The first-order chi connectivity index (χ1) is 10.7. The summed E-state index contributed by atoms with van der Waals surface area (Å²) in [4.78, 5) is 23.0. The van der Waals surface area contributed by atoms with Crippen LogP contribution in [0.3, 0.4) is 0 Å². The number of rotatable bonds is 6. The number of hydrogen-bond acceptors (Lipinski definition) is 5. The zero-order valence-corrected chi connectivity index (χ0v) is 13.8. The Morgan fingerprint density at radius 2 is 1.96 bits per heavy atom. The van der Waals surface area contributed by atoms with E-state index in [1.54, 1.807) is 20.8 Å². The normalized spacial score (nSPS) is 10.8. The van der Waals surface area contributed by atoms with E-state index < -0.39 is 23.5 Å². The Labute approximate surface area is 134 Å². The lowest BCUT2D eigenvalue weighted by Gasteiger charge is -2.19. The highest BCUT2D eigenvalue weighted by Gasteiger charge is 2.16. The molecule has 0 saturated heterocycles. The van der Waals surface area contributed by atoms with Gasteiger partial charge < -0.3 is 19.5 Å². The molecule has 0 radical (unpaired) electrons. The third-order valence-electron chi connectivity index (χ3n) is 2.63. The molecule has 0 aromatic heterocycles. The predicted octanol–water partition coefficient (Wildman–Crippen LogP) is 2.79. The van der Waals surface area contributed by atoms with Crippen molar-refractivity contribution in [1.29, 1.82) is 0 Å². The van der Waals surface area contributed by atoms with Gasteiger partial charge in [-0.3, -0.25) is 4.79 Å². The van der Waals surface area contributed by atoms with Crippen molar-refractivity contribution < 1.29 is 28.2 Å². The van der Waals surface area contributed by atoms with Gasteiger partial charge in [-0.15, -0.1) is 0 Å². The summed E-state index contributed by atoms with van der Waals surface area (Å²) in [6.45, 7) is 5.22. The van der Waals surface area contributed by atoms with Crippen LogP contribution in [0, 0.1) is 5.82 Å². The van der Waals surface area contributed by atoms with E-state index >= 15 is 0 Å². The van der Waals surface area contributed by atoms with Crippen molar-refractivity contribution >= 4 is 12.1 Å². The van der Waals surface area contributed by atoms with Crippen LogP contribution in [0.25, 0.3) is 0 Å². The summed E-state index contributed by atoms with van der Waals surface area (Å²) in [5, 5.41) is 2.45. The molecule has 1 rings (SSSR count). The van der Waals surface area contributed by atoms with E-state index in [4.69, 9.17) is 14.2 Å². The van der Waals surface area contributed by atoms with E-state index in [1.807, 2.05) is 0 Å². The van der Waals surface area contributed by atoms with Crippen molar-refractivity contribution in [3.8, 4) is 5.75 Å². The fourth-order valence-corrected chi connectivity index (χ4v) is 1.67. The van der Waals surface area contributed by atoms with E-state index in [-0.39, 0.29) is 19.6 Å². The largest absolute Gasteiger partial charge is 0.496 e. The first-order valence-electron chi connectivity index (χ1n) is 7.16. The molecule has 1 amide bonds. The molecular formula is C16H22FNO5. The highest BCUT2D eigenvalue weighted by Crippen LogP contribution is 2.20. The van der Waals surface area contributed by atoms with Gasteiger partial charge in [0.1, 0.15) is 23.8 Å². The van der Waals surface area contributed by atoms with Gasteiger partial charge in [-0.25, -0.2) is 9.18 Å². The molecule has 0 aliphatic carbocycles. The minimum absolute atomic E-state index is 0.0170. The third-order valence-corrected chi connectivity index (χ3v) is 2.63. The highest BCUT2D eigenvalue weighted by atomic mass is 19.1. The van der Waals surface area contributed by atoms with Gasteiger partial charge in [-0.1, -0.05) is 0 Å². The molecule has 0 aliphatic rings. The number of carbonyl (C=O) groups excluding carboxylic acids is 2. The van der Waals surface area contributed by atoms with Crippen molar-refractivity contribution in [2.45, 2.75) is 39.4 Å². The van der Waals surface area contributed by atoms with Crippen molar-refractivity contribution in [2.24, 2.45) is 0 Å². The SMILES string of the molecule is COc1ccc(F)cc1COC(=O)CCNC(=O)OC(C)(C)C. The Morgan fingerprint density at radius 3 is 2.57 bits per heavy atom. The van der Waals surface area contributed by atoms with Crippen molar-refractivity contribution in [2.75, 3.05) is 13.7 Å². The molecule has 128 valence electrons. The van der Waals surface area contributed by atoms with Crippen LogP contribution < -0.4 is 10.1 Å². The quantitative estimate of drug-likeness (QED) is 0.813. The number of esters is 1. The first-order valence-corrected chi connectivity index (χ1v) is 7.16. The fourth-order valence-electron chi connectivity index (χ4n) is 1.67. The molecule has 1 aromatic rings. The fraction of sp³-hybridized carbons (Fsp3) is 0.500. The standard InChI is InChI=1S/C16H22FNO5/c1-16(2,3)23-15(20)18-8-7-14(19)22-10-11-9-12(17)5-6-13(11)21-4/h5-6,9H,7-8,10H2,1-4H3,(H,18,20). The van der Waals surface area contributed by atoms with Gasteiger partial charge in [0.2, 0.25) is 0 Å². The van der Waals surface area contributed by atoms with Crippen LogP contribution in [-0.2, 0) is 20.9 Å². The molecule has 6 nitrogen and oxygen atoms in total. The molecule has 0 bridgehead atoms. The molecule has 7 heteroatoms. The molecule has 1 aromatic carbocycles. The Kier molecular flexibility index (Phi) is 6.81. The van der Waals surface area contributed by atoms with Gasteiger partial charge in [0.05, 0.1) is 13.5 Å². The molecule has 1 N–H and O–H groups in total. The second-order valence-electron chi connectivity index (χ2n) is 5.80. The molecule has 0 spiro atoms. The van der Waals surface area contributed by atoms with Gasteiger partial charge in [0.15, 0.2) is 0 Å². The molecule has 0 unspecified atom stereocenters. The lowest BCUT2D eigenvalue weighted by Crippen LogP contribution is -2.33. The summed E-state index contributed by atoms with van der Waals surface area (Å²) in [5.74, 6) is -0.526.